The smallest absolute Gasteiger partial charge is 0.254 e. The number of hydrogen-bond acceptors (Lipinski definition) is 4. The molecule has 0 saturated carbocycles. The van der Waals surface area contributed by atoms with Gasteiger partial charge in [-0.05, 0) is 36.6 Å². The second-order valence-electron chi connectivity index (χ2n) is 6.59. The normalized spacial score (nSPS) is 17.5. The van der Waals surface area contributed by atoms with E-state index in [4.69, 9.17) is 5.73 Å². The Morgan fingerprint density at radius 3 is 2.62 bits per heavy atom. The van der Waals surface area contributed by atoms with Gasteiger partial charge in [-0.1, -0.05) is 36.4 Å². The summed E-state index contributed by atoms with van der Waals surface area (Å²) in [6.45, 7) is 3.10. The minimum Gasteiger partial charge on any atom is -0.337 e. The first kappa shape index (κ1) is 18.6. The van der Waals surface area contributed by atoms with Crippen molar-refractivity contribution < 1.29 is 13.2 Å². The lowest BCUT2D eigenvalue weighted by Gasteiger charge is -2.18. The lowest BCUT2D eigenvalue weighted by atomic mass is 10.1. The van der Waals surface area contributed by atoms with E-state index in [1.54, 1.807) is 17.9 Å². The van der Waals surface area contributed by atoms with Crippen molar-refractivity contribution in [1.82, 2.24) is 9.62 Å². The second kappa shape index (κ2) is 7.57. The van der Waals surface area contributed by atoms with Crippen molar-refractivity contribution in [2.24, 2.45) is 5.73 Å². The van der Waals surface area contributed by atoms with Crippen LogP contribution >= 0.6 is 0 Å². The first-order chi connectivity index (χ1) is 12.4. The van der Waals surface area contributed by atoms with Crippen molar-refractivity contribution in [2.45, 2.75) is 30.8 Å². The van der Waals surface area contributed by atoms with Crippen LogP contribution in [0.4, 0.5) is 0 Å². The summed E-state index contributed by atoms with van der Waals surface area (Å²) >= 11 is 0. The van der Waals surface area contributed by atoms with E-state index in [9.17, 15) is 13.2 Å². The molecular weight excluding hydrogens is 350 g/mol. The number of nitrogens with zero attached hydrogens (tertiary/aromatic N) is 1. The number of hydrogen-bond donors (Lipinski definition) is 2. The first-order valence-corrected chi connectivity index (χ1v) is 10.0. The van der Waals surface area contributed by atoms with Gasteiger partial charge < -0.3 is 10.6 Å². The zero-order chi connectivity index (χ0) is 18.7. The Bertz CT molecular complexity index is 898. The number of benzene rings is 2. The fourth-order valence-electron chi connectivity index (χ4n) is 3.00. The second-order valence-corrected chi connectivity index (χ2v) is 8.35. The maximum absolute atomic E-state index is 12.7. The molecule has 26 heavy (non-hydrogen) atoms. The van der Waals surface area contributed by atoms with Gasteiger partial charge in [0.2, 0.25) is 10.0 Å². The highest BCUT2D eigenvalue weighted by atomic mass is 32.2. The zero-order valence-electron chi connectivity index (χ0n) is 14.7. The number of nitrogens with two attached hydrogens (primary N) is 1. The van der Waals surface area contributed by atoms with Crippen LogP contribution < -0.4 is 10.5 Å². The van der Waals surface area contributed by atoms with Crippen molar-refractivity contribution in [3.05, 3.63) is 65.2 Å². The minimum absolute atomic E-state index is 0.0151. The van der Waals surface area contributed by atoms with E-state index in [2.05, 4.69) is 4.72 Å². The molecule has 1 saturated heterocycles. The SMILES string of the molecule is Cc1ccc(S(=O)(=O)NCc2ccccc2)cc1C(=O)N1CC[C@@H](N)C1. The Morgan fingerprint density at radius 1 is 1.23 bits per heavy atom. The molecule has 1 heterocycles. The van der Waals surface area contributed by atoms with Crippen molar-refractivity contribution in [3.8, 4) is 0 Å². The van der Waals surface area contributed by atoms with Crippen molar-refractivity contribution in [1.29, 1.82) is 0 Å². The number of amides is 1. The van der Waals surface area contributed by atoms with E-state index in [0.717, 1.165) is 17.5 Å². The summed E-state index contributed by atoms with van der Waals surface area (Å²) in [6, 6.07) is 13.9. The van der Waals surface area contributed by atoms with Crippen LogP contribution in [0.2, 0.25) is 0 Å². The lowest BCUT2D eigenvalue weighted by Crippen LogP contribution is -2.32. The van der Waals surface area contributed by atoms with Crippen molar-refractivity contribution in [2.75, 3.05) is 13.1 Å². The molecule has 1 fully saturated rings. The fraction of sp³-hybridized carbons (Fsp3) is 0.316. The average molecular weight is 373 g/mol. The summed E-state index contributed by atoms with van der Waals surface area (Å²) < 4.78 is 27.8. The molecule has 0 radical (unpaired) electrons. The van der Waals surface area contributed by atoms with E-state index in [1.807, 2.05) is 30.3 Å². The van der Waals surface area contributed by atoms with Crippen molar-refractivity contribution >= 4 is 15.9 Å². The van der Waals surface area contributed by atoms with Crippen LogP contribution in [0, 0.1) is 6.92 Å². The summed E-state index contributed by atoms with van der Waals surface area (Å²) in [7, 11) is -3.71. The number of aryl methyl sites for hydroxylation is 1. The molecule has 1 aliphatic rings. The molecule has 3 rings (SSSR count). The predicted molar refractivity (Wildman–Crippen MR) is 100 cm³/mol. The Labute approximate surface area is 154 Å². The number of carbonyl (C=O) groups excluding carboxylic acids is 1. The highest BCUT2D eigenvalue weighted by Gasteiger charge is 2.26. The molecular formula is C19H23N3O3S. The molecule has 0 unspecified atom stereocenters. The van der Waals surface area contributed by atoms with Gasteiger partial charge in [0.15, 0.2) is 0 Å². The molecule has 0 spiro atoms. The number of carbonyl (C=O) groups is 1. The van der Waals surface area contributed by atoms with Crippen LogP contribution in [-0.2, 0) is 16.6 Å². The predicted octanol–water partition coefficient (Wildman–Crippen LogP) is 1.65. The molecule has 1 aliphatic heterocycles. The van der Waals surface area contributed by atoms with Crippen LogP contribution in [0.3, 0.4) is 0 Å². The summed E-state index contributed by atoms with van der Waals surface area (Å²) in [4.78, 5) is 14.5. The molecule has 6 nitrogen and oxygen atoms in total. The largest absolute Gasteiger partial charge is 0.337 e. The van der Waals surface area contributed by atoms with Gasteiger partial charge in [0.1, 0.15) is 0 Å². The standard InChI is InChI=1S/C19H23N3O3S/c1-14-7-8-17(11-18(14)19(23)22-10-9-16(20)13-22)26(24,25)21-12-15-5-3-2-4-6-15/h2-8,11,16,21H,9-10,12-13,20H2,1H3/t16-/m1/s1. The van der Waals surface area contributed by atoms with Gasteiger partial charge in [-0.2, -0.15) is 0 Å². The molecule has 138 valence electrons. The van der Waals surface area contributed by atoms with Gasteiger partial charge in [-0.25, -0.2) is 13.1 Å². The molecule has 0 aliphatic carbocycles. The molecule has 2 aromatic rings. The van der Waals surface area contributed by atoms with Crippen LogP contribution in [0.5, 0.6) is 0 Å². The third-order valence-electron chi connectivity index (χ3n) is 4.57. The monoisotopic (exact) mass is 373 g/mol. The van der Waals surface area contributed by atoms with Crippen LogP contribution in [0.25, 0.3) is 0 Å². The summed E-state index contributed by atoms with van der Waals surface area (Å²) in [5, 5.41) is 0. The summed E-state index contributed by atoms with van der Waals surface area (Å²) in [5.41, 5.74) is 7.89. The van der Waals surface area contributed by atoms with E-state index in [-0.39, 0.29) is 23.4 Å². The molecule has 1 amide bonds. The van der Waals surface area contributed by atoms with Gasteiger partial charge in [0, 0.05) is 31.2 Å². The van der Waals surface area contributed by atoms with E-state index in [0.29, 0.717) is 18.7 Å². The topological polar surface area (TPSA) is 92.5 Å². The lowest BCUT2D eigenvalue weighted by molar-refractivity contribution is 0.0790. The third kappa shape index (κ3) is 4.12. The van der Waals surface area contributed by atoms with Crippen molar-refractivity contribution in [3.63, 3.8) is 0 Å². The fourth-order valence-corrected chi connectivity index (χ4v) is 4.04. The zero-order valence-corrected chi connectivity index (χ0v) is 15.5. The Hall–Kier alpha value is -2.22. The van der Waals surface area contributed by atoms with E-state index < -0.39 is 10.0 Å². The Balaban J connectivity index is 1.80. The maximum Gasteiger partial charge on any atom is 0.254 e. The van der Waals surface area contributed by atoms with Gasteiger partial charge in [-0.15, -0.1) is 0 Å². The summed E-state index contributed by atoms with van der Waals surface area (Å²) in [5.74, 6) is -0.171. The molecule has 1 atom stereocenters. The number of sulfonamides is 1. The third-order valence-corrected chi connectivity index (χ3v) is 5.97. The molecule has 0 aromatic heterocycles. The molecule has 7 heteroatoms. The van der Waals surface area contributed by atoms with Crippen LogP contribution in [-0.4, -0.2) is 38.4 Å². The van der Waals surface area contributed by atoms with Gasteiger partial charge >= 0.3 is 0 Å². The highest BCUT2D eigenvalue weighted by molar-refractivity contribution is 7.89. The maximum atomic E-state index is 12.7. The number of likely N-dealkylation sites (tertiary alicyclic amines) is 1. The van der Waals surface area contributed by atoms with E-state index in [1.165, 1.54) is 12.1 Å². The Kier molecular flexibility index (Phi) is 5.41. The molecule has 0 bridgehead atoms. The Morgan fingerprint density at radius 2 is 1.96 bits per heavy atom. The highest BCUT2D eigenvalue weighted by Crippen LogP contribution is 2.20. The van der Waals surface area contributed by atoms with Gasteiger partial charge in [0.05, 0.1) is 4.90 Å². The van der Waals surface area contributed by atoms with Gasteiger partial charge in [-0.3, -0.25) is 4.79 Å². The minimum atomic E-state index is -3.71. The van der Waals surface area contributed by atoms with Gasteiger partial charge in [0.25, 0.3) is 5.91 Å². The first-order valence-electron chi connectivity index (χ1n) is 8.56. The number of nitrogens with one attached hydrogen (secondary N) is 1. The number of rotatable bonds is 5. The van der Waals surface area contributed by atoms with Crippen LogP contribution in [0.1, 0.15) is 27.9 Å². The average Bonchev–Trinajstić information content (AvgIpc) is 3.07. The molecule has 3 N–H and O–H groups in total. The quantitative estimate of drug-likeness (QED) is 0.833. The van der Waals surface area contributed by atoms with E-state index >= 15 is 0 Å². The summed E-state index contributed by atoms with van der Waals surface area (Å²) in [6.07, 6.45) is 0.765. The molecule has 2 aromatic carbocycles. The van der Waals surface area contributed by atoms with Crippen LogP contribution in [0.15, 0.2) is 53.4 Å².